The molecule has 0 spiro atoms. The predicted octanol–water partition coefficient (Wildman–Crippen LogP) is 6.50. The summed E-state index contributed by atoms with van der Waals surface area (Å²) in [5.41, 5.74) is 4.68. The molecule has 0 atom stereocenters. The largest absolute Gasteiger partial charge is 0.497 e. The zero-order valence-corrected chi connectivity index (χ0v) is 19.2. The molecule has 4 nitrogen and oxygen atoms in total. The summed E-state index contributed by atoms with van der Waals surface area (Å²) in [6, 6.07) is 19.6. The van der Waals surface area contributed by atoms with Crippen LogP contribution >= 0.6 is 0 Å². The van der Waals surface area contributed by atoms with Crippen LogP contribution in [0.4, 0.5) is 0 Å². The van der Waals surface area contributed by atoms with Crippen molar-refractivity contribution in [3.8, 4) is 17.2 Å². The van der Waals surface area contributed by atoms with E-state index in [9.17, 15) is 4.79 Å². The molecule has 164 valence electrons. The number of allylic oxidation sites excluding steroid dienone is 1. The van der Waals surface area contributed by atoms with Crippen LogP contribution in [0.3, 0.4) is 0 Å². The van der Waals surface area contributed by atoms with E-state index in [1.54, 1.807) is 19.3 Å². The van der Waals surface area contributed by atoms with Crippen LogP contribution in [0.5, 0.6) is 17.2 Å². The van der Waals surface area contributed by atoms with Crippen molar-refractivity contribution in [3.05, 3.63) is 94.2 Å². The van der Waals surface area contributed by atoms with Crippen LogP contribution < -0.4 is 14.2 Å². The van der Waals surface area contributed by atoms with Crippen molar-refractivity contribution < 1.29 is 19.0 Å². The van der Waals surface area contributed by atoms with Gasteiger partial charge in [-0.3, -0.25) is 4.79 Å². The van der Waals surface area contributed by atoms with E-state index in [0.717, 1.165) is 22.4 Å². The van der Waals surface area contributed by atoms with Crippen LogP contribution in [0.15, 0.2) is 66.4 Å². The van der Waals surface area contributed by atoms with Crippen LogP contribution in [-0.2, 0) is 12.0 Å². The predicted molar refractivity (Wildman–Crippen MR) is 127 cm³/mol. The Kier molecular flexibility index (Phi) is 5.79. The van der Waals surface area contributed by atoms with Crippen LogP contribution in [0, 0.1) is 6.92 Å². The third-order valence-electron chi connectivity index (χ3n) is 5.66. The maximum absolute atomic E-state index is 12.9. The summed E-state index contributed by atoms with van der Waals surface area (Å²) < 4.78 is 17.2. The molecule has 1 heterocycles. The number of Topliss-reactive ketones (excluding diaryl/α,β-unsaturated/α-hetero) is 1. The van der Waals surface area contributed by atoms with E-state index in [1.807, 2.05) is 49.4 Å². The highest BCUT2D eigenvalue weighted by atomic mass is 16.5. The molecule has 0 aliphatic carbocycles. The number of hydrogen-bond donors (Lipinski definition) is 0. The quantitative estimate of drug-likeness (QED) is 0.435. The first-order chi connectivity index (χ1) is 15.3. The number of fused-ring (bicyclic) bond motifs is 1. The highest BCUT2D eigenvalue weighted by molar-refractivity contribution is 6.14. The maximum atomic E-state index is 12.9. The lowest BCUT2D eigenvalue weighted by atomic mass is 9.86. The first-order valence-electron chi connectivity index (χ1n) is 10.7. The minimum absolute atomic E-state index is 0.0842. The second-order valence-corrected chi connectivity index (χ2v) is 9.01. The minimum Gasteiger partial charge on any atom is -0.497 e. The molecule has 0 saturated carbocycles. The molecule has 0 amide bonds. The van der Waals surface area contributed by atoms with Gasteiger partial charge in [-0.2, -0.15) is 0 Å². The molecule has 0 bridgehead atoms. The van der Waals surface area contributed by atoms with E-state index in [2.05, 4.69) is 32.9 Å². The SMILES string of the molecule is COc1ccc(COc2ccc3c(c2C)O/C(=C\c2ccc(C(C)(C)C)cc2)C3=O)cc1. The third kappa shape index (κ3) is 4.40. The molecule has 0 unspecified atom stereocenters. The molecule has 3 aromatic carbocycles. The Hall–Kier alpha value is -3.53. The first kappa shape index (κ1) is 21.7. The Morgan fingerprint density at radius 2 is 1.62 bits per heavy atom. The van der Waals surface area contributed by atoms with Crippen LogP contribution in [-0.4, -0.2) is 12.9 Å². The van der Waals surface area contributed by atoms with Crippen molar-refractivity contribution >= 4 is 11.9 Å². The summed E-state index contributed by atoms with van der Waals surface area (Å²) in [5.74, 6) is 2.30. The van der Waals surface area contributed by atoms with E-state index < -0.39 is 0 Å². The molecule has 0 fully saturated rings. The highest BCUT2D eigenvalue weighted by Gasteiger charge is 2.30. The number of methoxy groups -OCH3 is 1. The van der Waals surface area contributed by atoms with E-state index in [1.165, 1.54) is 5.56 Å². The lowest BCUT2D eigenvalue weighted by Gasteiger charge is -2.18. The minimum atomic E-state index is -0.107. The summed E-state index contributed by atoms with van der Waals surface area (Å²) >= 11 is 0. The molecule has 0 radical (unpaired) electrons. The monoisotopic (exact) mass is 428 g/mol. The molecule has 4 rings (SSSR count). The average molecular weight is 429 g/mol. The van der Waals surface area contributed by atoms with Crippen LogP contribution in [0.2, 0.25) is 0 Å². The summed E-state index contributed by atoms with van der Waals surface area (Å²) in [5, 5.41) is 0. The Labute approximate surface area is 189 Å². The van der Waals surface area contributed by atoms with Gasteiger partial charge in [-0.15, -0.1) is 0 Å². The van der Waals surface area contributed by atoms with Gasteiger partial charge in [0.1, 0.15) is 23.9 Å². The van der Waals surface area contributed by atoms with E-state index in [-0.39, 0.29) is 11.2 Å². The van der Waals surface area contributed by atoms with Crippen molar-refractivity contribution in [2.24, 2.45) is 0 Å². The molecular weight excluding hydrogens is 400 g/mol. The van der Waals surface area contributed by atoms with Gasteiger partial charge >= 0.3 is 0 Å². The molecule has 0 N–H and O–H groups in total. The Morgan fingerprint density at radius 1 is 0.938 bits per heavy atom. The van der Waals surface area contributed by atoms with Crippen molar-refractivity contribution in [1.29, 1.82) is 0 Å². The Bertz CT molecular complexity index is 1160. The lowest BCUT2D eigenvalue weighted by molar-refractivity contribution is 0.101. The summed E-state index contributed by atoms with van der Waals surface area (Å²) in [4.78, 5) is 12.9. The summed E-state index contributed by atoms with van der Waals surface area (Å²) in [6.45, 7) is 8.87. The molecule has 0 aromatic heterocycles. The van der Waals surface area contributed by atoms with Crippen molar-refractivity contribution in [3.63, 3.8) is 0 Å². The highest BCUT2D eigenvalue weighted by Crippen LogP contribution is 2.39. The van der Waals surface area contributed by atoms with Crippen molar-refractivity contribution in [2.75, 3.05) is 7.11 Å². The number of rotatable bonds is 5. The number of ether oxygens (including phenoxy) is 3. The van der Waals surface area contributed by atoms with Gasteiger partial charge in [-0.05, 0) is 59.4 Å². The van der Waals surface area contributed by atoms with Gasteiger partial charge in [0.2, 0.25) is 5.78 Å². The molecule has 0 saturated heterocycles. The smallest absolute Gasteiger partial charge is 0.231 e. The Morgan fingerprint density at radius 3 is 2.25 bits per heavy atom. The van der Waals surface area contributed by atoms with Gasteiger partial charge in [0.25, 0.3) is 0 Å². The average Bonchev–Trinajstić information content (AvgIpc) is 3.09. The molecule has 32 heavy (non-hydrogen) atoms. The van der Waals surface area contributed by atoms with Crippen LogP contribution in [0.1, 0.15) is 53.4 Å². The third-order valence-corrected chi connectivity index (χ3v) is 5.66. The summed E-state index contributed by atoms with van der Waals surface area (Å²) in [6.07, 6.45) is 1.80. The zero-order chi connectivity index (χ0) is 22.9. The molecule has 1 aliphatic heterocycles. The van der Waals surface area contributed by atoms with Gasteiger partial charge in [-0.1, -0.05) is 57.2 Å². The fourth-order valence-electron chi connectivity index (χ4n) is 3.64. The van der Waals surface area contributed by atoms with Gasteiger partial charge < -0.3 is 14.2 Å². The number of ketones is 1. The number of carbonyl (C=O) groups excluding carboxylic acids is 1. The second kappa shape index (κ2) is 8.54. The Balaban J connectivity index is 1.51. The molecule has 3 aromatic rings. The topological polar surface area (TPSA) is 44.8 Å². The van der Waals surface area contributed by atoms with Crippen molar-refractivity contribution in [2.45, 2.75) is 39.7 Å². The number of hydrogen-bond acceptors (Lipinski definition) is 4. The maximum Gasteiger partial charge on any atom is 0.231 e. The number of benzene rings is 3. The normalized spacial score (nSPS) is 14.3. The zero-order valence-electron chi connectivity index (χ0n) is 19.2. The van der Waals surface area contributed by atoms with E-state index >= 15 is 0 Å². The second-order valence-electron chi connectivity index (χ2n) is 9.01. The van der Waals surface area contributed by atoms with Gasteiger partial charge in [-0.25, -0.2) is 0 Å². The van der Waals surface area contributed by atoms with Crippen molar-refractivity contribution in [1.82, 2.24) is 0 Å². The van der Waals surface area contributed by atoms with Crippen LogP contribution in [0.25, 0.3) is 6.08 Å². The fraction of sp³-hybridized carbons (Fsp3) is 0.250. The fourth-order valence-corrected chi connectivity index (χ4v) is 3.64. The van der Waals surface area contributed by atoms with Gasteiger partial charge in [0, 0.05) is 5.56 Å². The number of carbonyl (C=O) groups is 1. The van der Waals surface area contributed by atoms with Gasteiger partial charge in [0.05, 0.1) is 12.7 Å². The van der Waals surface area contributed by atoms with Gasteiger partial charge in [0.15, 0.2) is 5.76 Å². The standard InChI is InChI=1S/C28H28O4/c1-18-24(31-17-20-8-12-22(30-5)13-9-20)15-14-23-26(29)25(32-27(18)23)16-19-6-10-21(11-7-19)28(2,3)4/h6-16H,17H2,1-5H3/b25-16-. The molecular formula is C28H28O4. The molecule has 4 heteroatoms. The first-order valence-corrected chi connectivity index (χ1v) is 10.7. The van der Waals surface area contributed by atoms with E-state index in [0.29, 0.717) is 29.4 Å². The van der Waals surface area contributed by atoms with E-state index in [4.69, 9.17) is 14.2 Å². The molecule has 1 aliphatic rings. The summed E-state index contributed by atoms with van der Waals surface area (Å²) in [7, 11) is 1.64. The lowest BCUT2D eigenvalue weighted by Crippen LogP contribution is -2.10.